The van der Waals surface area contributed by atoms with Crippen LogP contribution in [0.15, 0.2) is 41.5 Å². The predicted molar refractivity (Wildman–Crippen MR) is 97.2 cm³/mol. The van der Waals surface area contributed by atoms with E-state index in [4.69, 9.17) is 0 Å². The highest BCUT2D eigenvalue weighted by molar-refractivity contribution is 6.07. The molecule has 4 aliphatic carbocycles. The van der Waals surface area contributed by atoms with Crippen molar-refractivity contribution in [2.75, 3.05) is 0 Å². The highest BCUT2D eigenvalue weighted by Crippen LogP contribution is 2.65. The van der Waals surface area contributed by atoms with Gasteiger partial charge < -0.3 is 4.98 Å². The number of hydrogen-bond acceptors (Lipinski definition) is 3. The number of aromatic amines is 1. The molecule has 1 saturated heterocycles. The number of allylic oxidation sites excluding steroid dienone is 2. The first kappa shape index (κ1) is 14.5. The quantitative estimate of drug-likeness (QED) is 0.517. The number of fused-ring (bicyclic) bond motifs is 1. The van der Waals surface area contributed by atoms with Gasteiger partial charge in [-0.3, -0.25) is 9.59 Å². The standard InChI is InChI=1S/C21H19N3O2/c1-10-16(11-4-2-3-5-17(11)23-10)9-22-24-20(25)18-12-6-7-13(15-8-14(12)15)19(18)21(24)26/h2-7,9,12-15,18-19,23H,8H2,1H3/b22-9-/t12-,13-,14-,15-,18-,19+/m0/s1. The maximum absolute atomic E-state index is 13.0. The fourth-order valence-corrected chi connectivity index (χ4v) is 5.64. The SMILES string of the molecule is Cc1[nH]c2ccccc2c1/C=N\N1C(=O)[C@@H]2[C@H]3C=C[C@@H]([C@@H]4C[C@@H]34)[C@@H]2C1=O. The Morgan fingerprint density at radius 3 is 2.42 bits per heavy atom. The largest absolute Gasteiger partial charge is 0.358 e. The van der Waals surface area contributed by atoms with Gasteiger partial charge in [-0.2, -0.15) is 10.1 Å². The Hall–Kier alpha value is -2.69. The minimum Gasteiger partial charge on any atom is -0.358 e. The summed E-state index contributed by atoms with van der Waals surface area (Å²) in [5, 5.41) is 6.56. The van der Waals surface area contributed by atoms with E-state index in [2.05, 4.69) is 22.2 Å². The number of imide groups is 1. The summed E-state index contributed by atoms with van der Waals surface area (Å²) in [6.07, 6.45) is 7.20. The lowest BCUT2D eigenvalue weighted by molar-refractivity contribution is -0.140. The van der Waals surface area contributed by atoms with E-state index >= 15 is 0 Å². The Bertz CT molecular complexity index is 997. The summed E-state index contributed by atoms with van der Waals surface area (Å²) < 4.78 is 0. The normalized spacial score (nSPS) is 37.0. The lowest BCUT2D eigenvalue weighted by Gasteiger charge is -2.37. The Morgan fingerprint density at radius 2 is 1.73 bits per heavy atom. The molecular formula is C21H19N3O2. The average molecular weight is 345 g/mol. The van der Waals surface area contributed by atoms with Crippen LogP contribution < -0.4 is 0 Å². The van der Waals surface area contributed by atoms with Crippen LogP contribution in [0.4, 0.5) is 0 Å². The average Bonchev–Trinajstić information content (AvgIpc) is 3.36. The third kappa shape index (κ3) is 1.68. The number of nitrogens with zero attached hydrogens (tertiary/aromatic N) is 2. The van der Waals surface area contributed by atoms with E-state index in [0.29, 0.717) is 11.8 Å². The van der Waals surface area contributed by atoms with Crippen LogP contribution in [0.25, 0.3) is 10.9 Å². The maximum atomic E-state index is 13.0. The van der Waals surface area contributed by atoms with Crippen LogP contribution in [0.1, 0.15) is 17.7 Å². The predicted octanol–water partition coefficient (Wildman–Crippen LogP) is 2.86. The maximum Gasteiger partial charge on any atom is 0.254 e. The number of hydrogen-bond donors (Lipinski definition) is 1. The molecule has 130 valence electrons. The Balaban J connectivity index is 1.36. The van der Waals surface area contributed by atoms with Crippen molar-refractivity contribution in [2.24, 2.45) is 40.6 Å². The number of aryl methyl sites for hydroxylation is 1. The van der Waals surface area contributed by atoms with Crippen molar-refractivity contribution in [1.29, 1.82) is 0 Å². The van der Waals surface area contributed by atoms with Crippen molar-refractivity contribution in [2.45, 2.75) is 13.3 Å². The molecule has 1 aliphatic heterocycles. The van der Waals surface area contributed by atoms with Crippen molar-refractivity contribution in [3.8, 4) is 0 Å². The molecule has 0 radical (unpaired) electrons. The van der Waals surface area contributed by atoms with Crippen molar-refractivity contribution < 1.29 is 9.59 Å². The van der Waals surface area contributed by atoms with E-state index in [9.17, 15) is 9.59 Å². The van der Waals surface area contributed by atoms with Gasteiger partial charge in [0.05, 0.1) is 18.1 Å². The summed E-state index contributed by atoms with van der Waals surface area (Å²) in [5.74, 6) is 1.09. The number of rotatable bonds is 2. The molecule has 2 saturated carbocycles. The van der Waals surface area contributed by atoms with Gasteiger partial charge in [-0.25, -0.2) is 0 Å². The second-order valence-electron chi connectivity index (χ2n) is 8.10. The van der Waals surface area contributed by atoms with Crippen molar-refractivity contribution in [1.82, 2.24) is 9.99 Å². The molecular weight excluding hydrogens is 326 g/mol. The number of benzene rings is 1. The second kappa shape index (κ2) is 4.72. The molecule has 0 spiro atoms. The molecule has 0 unspecified atom stereocenters. The second-order valence-corrected chi connectivity index (χ2v) is 8.10. The first-order valence-electron chi connectivity index (χ1n) is 9.32. The minimum atomic E-state index is -0.192. The highest BCUT2D eigenvalue weighted by Gasteiger charge is 2.67. The van der Waals surface area contributed by atoms with E-state index in [1.54, 1.807) is 6.21 Å². The fourth-order valence-electron chi connectivity index (χ4n) is 5.64. The summed E-state index contributed by atoms with van der Waals surface area (Å²) in [4.78, 5) is 29.2. The van der Waals surface area contributed by atoms with Crippen LogP contribution in [0.2, 0.25) is 0 Å². The van der Waals surface area contributed by atoms with Crippen LogP contribution in [-0.4, -0.2) is 28.0 Å². The van der Waals surface area contributed by atoms with E-state index in [1.807, 2.05) is 31.2 Å². The van der Waals surface area contributed by atoms with Gasteiger partial charge in [-0.15, -0.1) is 0 Å². The topological polar surface area (TPSA) is 65.5 Å². The lowest BCUT2D eigenvalue weighted by atomic mass is 9.63. The Kier molecular flexibility index (Phi) is 2.63. The van der Waals surface area contributed by atoms with Gasteiger partial charge in [0.1, 0.15) is 0 Å². The van der Waals surface area contributed by atoms with Crippen LogP contribution >= 0.6 is 0 Å². The number of aromatic nitrogens is 1. The molecule has 1 N–H and O–H groups in total. The summed E-state index contributed by atoms with van der Waals surface area (Å²) in [5.41, 5.74) is 2.94. The molecule has 2 heterocycles. The van der Waals surface area contributed by atoms with Gasteiger partial charge in [0.15, 0.2) is 0 Å². The highest BCUT2D eigenvalue weighted by atomic mass is 16.2. The molecule has 7 rings (SSSR count). The van der Waals surface area contributed by atoms with Crippen molar-refractivity contribution in [3.63, 3.8) is 0 Å². The summed E-state index contributed by atoms with van der Waals surface area (Å²) in [7, 11) is 0. The molecule has 2 aromatic rings. The van der Waals surface area contributed by atoms with Crippen molar-refractivity contribution in [3.05, 3.63) is 47.7 Å². The van der Waals surface area contributed by atoms with Crippen molar-refractivity contribution >= 4 is 28.9 Å². The molecule has 26 heavy (non-hydrogen) atoms. The van der Waals surface area contributed by atoms with Gasteiger partial charge in [-0.05, 0) is 43.1 Å². The molecule has 5 heteroatoms. The van der Waals surface area contributed by atoms with E-state index in [0.717, 1.165) is 27.2 Å². The molecule has 5 nitrogen and oxygen atoms in total. The zero-order chi connectivity index (χ0) is 17.6. The first-order valence-corrected chi connectivity index (χ1v) is 9.32. The summed E-state index contributed by atoms with van der Waals surface area (Å²) in [6, 6.07) is 7.98. The van der Waals surface area contributed by atoms with Gasteiger partial charge in [0.2, 0.25) is 0 Å². The van der Waals surface area contributed by atoms with Gasteiger partial charge in [-0.1, -0.05) is 30.4 Å². The molecule has 1 aromatic carbocycles. The van der Waals surface area contributed by atoms with Crippen LogP contribution in [0, 0.1) is 42.4 Å². The number of carbonyl (C=O) groups is 2. The number of hydrazone groups is 1. The molecule has 6 atom stereocenters. The Morgan fingerprint density at radius 1 is 1.08 bits per heavy atom. The molecule has 2 bridgehead atoms. The third-order valence-corrected chi connectivity index (χ3v) is 6.89. The van der Waals surface area contributed by atoms with Crippen LogP contribution in [-0.2, 0) is 9.59 Å². The van der Waals surface area contributed by atoms with Gasteiger partial charge in [0, 0.05) is 22.2 Å². The molecule has 3 fully saturated rings. The van der Waals surface area contributed by atoms with Crippen LogP contribution in [0.3, 0.4) is 0 Å². The summed E-state index contributed by atoms with van der Waals surface area (Å²) >= 11 is 0. The number of nitrogens with one attached hydrogen (secondary N) is 1. The molecule has 2 amide bonds. The van der Waals surface area contributed by atoms with E-state index in [-0.39, 0.29) is 35.5 Å². The van der Waals surface area contributed by atoms with Gasteiger partial charge >= 0.3 is 0 Å². The fraction of sp³-hybridized carbons (Fsp3) is 0.381. The number of H-pyrrole nitrogens is 1. The first-order chi connectivity index (χ1) is 12.6. The van der Waals surface area contributed by atoms with E-state index in [1.165, 1.54) is 6.42 Å². The summed E-state index contributed by atoms with van der Waals surface area (Å²) in [6.45, 7) is 1.98. The number of amides is 2. The zero-order valence-corrected chi connectivity index (χ0v) is 14.4. The molecule has 1 aromatic heterocycles. The minimum absolute atomic E-state index is 0.113. The number of para-hydroxylation sites is 1. The zero-order valence-electron chi connectivity index (χ0n) is 14.4. The number of carbonyl (C=O) groups excluding carboxylic acids is 2. The van der Waals surface area contributed by atoms with E-state index < -0.39 is 0 Å². The Labute approximate surface area is 150 Å². The monoisotopic (exact) mass is 345 g/mol. The lowest BCUT2D eigenvalue weighted by Crippen LogP contribution is -2.40. The third-order valence-electron chi connectivity index (χ3n) is 6.89. The molecule has 5 aliphatic rings. The smallest absolute Gasteiger partial charge is 0.254 e. The van der Waals surface area contributed by atoms with Crippen LogP contribution in [0.5, 0.6) is 0 Å². The van der Waals surface area contributed by atoms with Gasteiger partial charge in [0.25, 0.3) is 11.8 Å².